The van der Waals surface area contributed by atoms with Gasteiger partial charge < -0.3 is 0 Å². The summed E-state index contributed by atoms with van der Waals surface area (Å²) < 4.78 is 12.8. The zero-order chi connectivity index (χ0) is 19.2. The molecular formula is C21H24FN3O2. The average molecular weight is 369 g/mol. The van der Waals surface area contributed by atoms with Gasteiger partial charge >= 0.3 is 0 Å². The Morgan fingerprint density at radius 3 is 2.85 bits per heavy atom. The number of carbonyl (C=O) groups excluding carboxylic acids is 2. The molecular weight excluding hydrogens is 345 g/mol. The molecule has 142 valence electrons. The van der Waals surface area contributed by atoms with Crippen LogP contribution in [0.15, 0.2) is 16.8 Å². The number of rotatable bonds is 2. The number of halogens is 1. The minimum absolute atomic E-state index is 0.0436. The third kappa shape index (κ3) is 2.56. The lowest BCUT2D eigenvalue weighted by Crippen LogP contribution is -2.54. The number of carbonyl (C=O) groups is 2. The van der Waals surface area contributed by atoms with Crippen LogP contribution in [0.5, 0.6) is 0 Å². The van der Waals surface area contributed by atoms with Crippen LogP contribution < -0.4 is 0 Å². The predicted molar refractivity (Wildman–Crippen MR) is 97.9 cm³/mol. The molecule has 0 saturated heterocycles. The number of fused-ring (bicyclic) bond motifs is 5. The highest BCUT2D eigenvalue weighted by atomic mass is 19.1. The fraction of sp³-hybridized carbons (Fsp3) is 0.714. The average Bonchev–Trinajstić information content (AvgIpc) is 2.96. The van der Waals surface area contributed by atoms with Gasteiger partial charge in [0.15, 0.2) is 5.78 Å². The fourth-order valence-electron chi connectivity index (χ4n) is 6.85. The molecule has 0 aromatic carbocycles. The molecule has 0 aromatic rings. The first kappa shape index (κ1) is 18.3. The predicted octanol–water partition coefficient (Wildman–Crippen LogP) is 4.68. The lowest BCUT2D eigenvalue weighted by atomic mass is 9.45. The van der Waals surface area contributed by atoms with Crippen LogP contribution in [-0.4, -0.2) is 17.6 Å². The van der Waals surface area contributed by atoms with Crippen molar-refractivity contribution < 1.29 is 14.0 Å². The van der Waals surface area contributed by atoms with Gasteiger partial charge in [-0.25, -0.2) is 0 Å². The molecule has 0 spiro atoms. The number of ketones is 2. The van der Waals surface area contributed by atoms with Crippen LogP contribution in [0.25, 0.3) is 10.4 Å². The normalized spacial score (nSPS) is 42.7. The Hall–Kier alpha value is -2.12. The first-order chi connectivity index (χ1) is 13.0. The van der Waals surface area contributed by atoms with Gasteiger partial charge in [0.2, 0.25) is 0 Å². The van der Waals surface area contributed by atoms with Crippen LogP contribution in [0.4, 0.5) is 4.39 Å². The van der Waals surface area contributed by atoms with E-state index in [1.807, 2.05) is 0 Å². The first-order valence-electron chi connectivity index (χ1n) is 9.87. The maximum Gasteiger partial charge on any atom is 0.155 e. The van der Waals surface area contributed by atoms with Crippen LogP contribution in [0.2, 0.25) is 0 Å². The molecule has 6 atom stereocenters. The van der Waals surface area contributed by atoms with Crippen molar-refractivity contribution in [2.45, 2.75) is 64.3 Å². The fourth-order valence-corrected chi connectivity index (χ4v) is 6.85. The van der Waals surface area contributed by atoms with Gasteiger partial charge in [-0.05, 0) is 61.5 Å². The van der Waals surface area contributed by atoms with Gasteiger partial charge in [0.25, 0.3) is 0 Å². The van der Waals surface area contributed by atoms with Crippen molar-refractivity contribution in [3.8, 4) is 12.1 Å². The van der Waals surface area contributed by atoms with Crippen molar-refractivity contribution in [1.82, 2.24) is 0 Å². The third-order valence-electron chi connectivity index (χ3n) is 8.08. The van der Waals surface area contributed by atoms with E-state index in [-0.39, 0.29) is 29.0 Å². The Kier molecular flexibility index (Phi) is 4.39. The van der Waals surface area contributed by atoms with E-state index in [0.717, 1.165) is 24.8 Å². The molecule has 4 aliphatic carbocycles. The second-order valence-electron chi connectivity index (χ2n) is 8.92. The van der Waals surface area contributed by atoms with Gasteiger partial charge in [0.1, 0.15) is 12.0 Å². The Balaban J connectivity index is 1.83. The number of nitrogens with zero attached hydrogens (tertiary/aromatic N) is 3. The molecule has 5 nitrogen and oxygen atoms in total. The van der Waals surface area contributed by atoms with Gasteiger partial charge in [-0.3, -0.25) is 9.59 Å². The molecule has 0 amide bonds. The van der Waals surface area contributed by atoms with Crippen LogP contribution in [0.3, 0.4) is 0 Å². The molecule has 3 saturated carbocycles. The van der Waals surface area contributed by atoms with Crippen molar-refractivity contribution >= 4 is 11.6 Å². The molecule has 3 fully saturated rings. The molecule has 0 radical (unpaired) electrons. The largest absolute Gasteiger partial charge is 0.299 e. The summed E-state index contributed by atoms with van der Waals surface area (Å²) in [6, 6.07) is -0.403. The maximum atomic E-state index is 12.8. The lowest BCUT2D eigenvalue weighted by Gasteiger charge is -2.59. The van der Waals surface area contributed by atoms with E-state index in [0.29, 0.717) is 37.9 Å². The highest BCUT2D eigenvalue weighted by Crippen LogP contribution is 2.65. The van der Waals surface area contributed by atoms with Gasteiger partial charge in [0.05, 0.1) is 6.04 Å². The lowest BCUT2D eigenvalue weighted by molar-refractivity contribution is -0.133. The molecule has 0 heterocycles. The molecule has 0 N–H and O–H groups in total. The van der Waals surface area contributed by atoms with E-state index in [1.165, 1.54) is 6.17 Å². The topological polar surface area (TPSA) is 82.9 Å². The van der Waals surface area contributed by atoms with Crippen LogP contribution in [0.1, 0.15) is 58.3 Å². The third-order valence-corrected chi connectivity index (χ3v) is 8.08. The Labute approximate surface area is 158 Å². The molecule has 27 heavy (non-hydrogen) atoms. The zero-order valence-corrected chi connectivity index (χ0v) is 15.6. The van der Waals surface area contributed by atoms with E-state index in [1.54, 1.807) is 6.08 Å². The summed E-state index contributed by atoms with van der Waals surface area (Å²) in [7, 11) is 0. The van der Waals surface area contributed by atoms with E-state index in [9.17, 15) is 14.0 Å². The van der Waals surface area contributed by atoms with Crippen molar-refractivity contribution in [1.29, 1.82) is 0 Å². The highest BCUT2D eigenvalue weighted by Gasteiger charge is 2.61. The number of hydrogen-bond acceptors (Lipinski definition) is 3. The molecule has 0 aromatic heterocycles. The number of hydrogen-bond donors (Lipinski definition) is 0. The zero-order valence-electron chi connectivity index (χ0n) is 15.6. The van der Waals surface area contributed by atoms with E-state index in [4.69, 9.17) is 5.53 Å². The standard InChI is InChI=1S/C21H24FN3O2/c1-20-8-6-16-14(15(20)3-4-19(20)27)12-18(24-25-23)17-11-13(26)5-9-21(16,17)7-2-10-22/h11,14-16,18H,3-9,12H2,1H3/t14-,15-,16-,18-,20-,21+/m0/s1. The maximum absolute atomic E-state index is 12.8. The van der Waals surface area contributed by atoms with Gasteiger partial charge in [-0.1, -0.05) is 23.5 Å². The van der Waals surface area contributed by atoms with E-state index >= 15 is 0 Å². The quantitative estimate of drug-likeness (QED) is 0.306. The van der Waals surface area contributed by atoms with Crippen molar-refractivity contribution in [3.05, 3.63) is 22.1 Å². The van der Waals surface area contributed by atoms with Gasteiger partial charge in [-0.15, -0.1) is 4.39 Å². The first-order valence-corrected chi connectivity index (χ1v) is 9.87. The number of Topliss-reactive ketones (excluding diaryl/α,β-unsaturated/α-hetero) is 1. The van der Waals surface area contributed by atoms with Crippen LogP contribution in [0, 0.1) is 40.7 Å². The molecule has 4 aliphatic rings. The molecule has 4 rings (SSSR count). The summed E-state index contributed by atoms with van der Waals surface area (Å²) in [6.07, 6.45) is 8.47. The number of azide groups is 1. The smallest absolute Gasteiger partial charge is 0.155 e. The van der Waals surface area contributed by atoms with Crippen molar-refractivity contribution in [3.63, 3.8) is 0 Å². The molecule has 0 aliphatic heterocycles. The second kappa shape index (κ2) is 6.49. The highest BCUT2D eigenvalue weighted by molar-refractivity contribution is 5.92. The molecule has 0 bridgehead atoms. The van der Waals surface area contributed by atoms with Crippen molar-refractivity contribution in [2.75, 3.05) is 0 Å². The molecule has 6 heteroatoms. The summed E-state index contributed by atoms with van der Waals surface area (Å²) in [6.45, 7) is 2.09. The minimum Gasteiger partial charge on any atom is -0.299 e. The summed E-state index contributed by atoms with van der Waals surface area (Å²) >= 11 is 0. The summed E-state index contributed by atoms with van der Waals surface area (Å²) in [5.74, 6) is 3.80. The van der Waals surface area contributed by atoms with E-state index in [2.05, 4.69) is 22.9 Å². The Morgan fingerprint density at radius 2 is 2.11 bits per heavy atom. The van der Waals surface area contributed by atoms with Crippen LogP contribution >= 0.6 is 0 Å². The summed E-state index contributed by atoms with van der Waals surface area (Å²) in [4.78, 5) is 27.8. The Morgan fingerprint density at radius 1 is 1.30 bits per heavy atom. The summed E-state index contributed by atoms with van der Waals surface area (Å²) in [5, 5.41) is 4.04. The Bertz CT molecular complexity index is 834. The monoisotopic (exact) mass is 369 g/mol. The van der Waals surface area contributed by atoms with E-state index < -0.39 is 11.5 Å². The summed E-state index contributed by atoms with van der Waals surface area (Å²) in [5.41, 5.74) is 9.26. The van der Waals surface area contributed by atoms with Gasteiger partial charge in [-0.2, -0.15) is 0 Å². The SMILES string of the molecule is C[C@]12CC[C@H]3[C@@H](C[C@H](N=[N+]=[N-])C4=CC(=O)CC[C@@]43CC#CF)[C@@H]1CCC2=O. The van der Waals surface area contributed by atoms with Crippen molar-refractivity contribution in [2.24, 2.45) is 33.7 Å². The minimum atomic E-state index is -0.415. The van der Waals surface area contributed by atoms with Gasteiger partial charge in [0, 0.05) is 35.0 Å². The second-order valence-corrected chi connectivity index (χ2v) is 8.92. The van der Waals surface area contributed by atoms with Crippen LogP contribution in [-0.2, 0) is 9.59 Å². The molecule has 0 unspecified atom stereocenters.